The molecule has 2 heteroatoms. The van der Waals surface area contributed by atoms with Crippen LogP contribution in [0.4, 0.5) is 4.39 Å². The molecule has 0 spiro atoms. The fourth-order valence-electron chi connectivity index (χ4n) is 0.907. The molecule has 0 radical (unpaired) electrons. The standard InChI is InChI=1S/C8H11FO/c1-2-8(10)5-3-7(9)4-6-8/h3-5,10H,2,6H2,1H3. The van der Waals surface area contributed by atoms with Gasteiger partial charge in [0.25, 0.3) is 0 Å². The van der Waals surface area contributed by atoms with Crippen molar-refractivity contribution in [1.29, 1.82) is 0 Å². The van der Waals surface area contributed by atoms with Crippen molar-refractivity contribution in [2.45, 2.75) is 25.4 Å². The first-order valence-corrected chi connectivity index (χ1v) is 3.43. The fraction of sp³-hybridized carbons (Fsp3) is 0.500. The number of rotatable bonds is 1. The van der Waals surface area contributed by atoms with Gasteiger partial charge in [0, 0.05) is 6.42 Å². The molecule has 0 fully saturated rings. The number of allylic oxidation sites excluding steroid dienone is 2. The molecule has 0 heterocycles. The molecule has 1 N–H and O–H groups in total. The minimum absolute atomic E-state index is 0.252. The average Bonchev–Trinajstić information content (AvgIpc) is 1.96. The van der Waals surface area contributed by atoms with Gasteiger partial charge < -0.3 is 5.11 Å². The number of hydrogen-bond donors (Lipinski definition) is 1. The maximum atomic E-state index is 12.3. The molecule has 1 unspecified atom stereocenters. The molecule has 10 heavy (non-hydrogen) atoms. The van der Waals surface area contributed by atoms with Crippen molar-refractivity contribution >= 4 is 0 Å². The summed E-state index contributed by atoms with van der Waals surface area (Å²) in [5, 5.41) is 9.50. The molecule has 0 aromatic heterocycles. The Morgan fingerprint density at radius 2 is 2.50 bits per heavy atom. The summed E-state index contributed by atoms with van der Waals surface area (Å²) in [6.45, 7) is 1.88. The van der Waals surface area contributed by atoms with Crippen LogP contribution < -0.4 is 0 Å². The van der Waals surface area contributed by atoms with Crippen LogP contribution in [0.5, 0.6) is 0 Å². The first-order valence-electron chi connectivity index (χ1n) is 3.43. The molecular formula is C8H11FO. The predicted molar refractivity (Wildman–Crippen MR) is 38.2 cm³/mol. The summed E-state index contributed by atoms with van der Waals surface area (Å²) < 4.78 is 12.3. The molecule has 1 aliphatic carbocycles. The summed E-state index contributed by atoms with van der Waals surface area (Å²) >= 11 is 0. The van der Waals surface area contributed by atoms with Gasteiger partial charge in [-0.3, -0.25) is 0 Å². The van der Waals surface area contributed by atoms with Crippen molar-refractivity contribution in [3.05, 3.63) is 24.1 Å². The molecule has 1 nitrogen and oxygen atoms in total. The van der Waals surface area contributed by atoms with Gasteiger partial charge in [0.1, 0.15) is 5.83 Å². The third kappa shape index (κ3) is 1.45. The Bertz CT molecular complexity index is 184. The number of aliphatic hydroxyl groups is 1. The third-order valence-corrected chi connectivity index (χ3v) is 1.82. The second-order valence-corrected chi connectivity index (χ2v) is 2.58. The Morgan fingerprint density at radius 3 is 2.90 bits per heavy atom. The van der Waals surface area contributed by atoms with E-state index >= 15 is 0 Å². The highest BCUT2D eigenvalue weighted by atomic mass is 19.1. The van der Waals surface area contributed by atoms with Crippen molar-refractivity contribution in [3.8, 4) is 0 Å². The Morgan fingerprint density at radius 1 is 1.80 bits per heavy atom. The van der Waals surface area contributed by atoms with Crippen molar-refractivity contribution < 1.29 is 9.50 Å². The maximum Gasteiger partial charge on any atom is 0.119 e. The highest BCUT2D eigenvalue weighted by Gasteiger charge is 2.21. The van der Waals surface area contributed by atoms with E-state index in [0.29, 0.717) is 12.8 Å². The Kier molecular flexibility index (Phi) is 1.90. The molecule has 0 aromatic rings. The van der Waals surface area contributed by atoms with E-state index in [1.54, 1.807) is 0 Å². The van der Waals surface area contributed by atoms with Gasteiger partial charge in [-0.2, -0.15) is 0 Å². The van der Waals surface area contributed by atoms with E-state index < -0.39 is 5.60 Å². The normalized spacial score (nSPS) is 32.1. The Labute approximate surface area is 59.9 Å². The third-order valence-electron chi connectivity index (χ3n) is 1.82. The van der Waals surface area contributed by atoms with Crippen LogP contribution in [-0.2, 0) is 0 Å². The summed E-state index contributed by atoms with van der Waals surface area (Å²) in [5.41, 5.74) is -0.796. The van der Waals surface area contributed by atoms with Gasteiger partial charge in [0.2, 0.25) is 0 Å². The van der Waals surface area contributed by atoms with Crippen LogP contribution in [0, 0.1) is 0 Å². The van der Waals surface area contributed by atoms with Crippen molar-refractivity contribution in [2.75, 3.05) is 0 Å². The van der Waals surface area contributed by atoms with Gasteiger partial charge in [0.05, 0.1) is 5.60 Å². The molecule has 0 amide bonds. The van der Waals surface area contributed by atoms with Crippen molar-refractivity contribution in [2.24, 2.45) is 0 Å². The number of hydrogen-bond acceptors (Lipinski definition) is 1. The molecule has 1 atom stereocenters. The molecule has 0 bridgehead atoms. The van der Waals surface area contributed by atoms with Crippen molar-refractivity contribution in [3.63, 3.8) is 0 Å². The molecule has 0 aliphatic heterocycles. The first-order chi connectivity index (χ1) is 4.66. The monoisotopic (exact) mass is 142 g/mol. The molecule has 0 saturated heterocycles. The van der Waals surface area contributed by atoms with E-state index in [2.05, 4.69) is 0 Å². The number of halogens is 1. The zero-order chi connectivity index (χ0) is 7.61. The summed E-state index contributed by atoms with van der Waals surface area (Å²) in [5.74, 6) is -0.252. The smallest absolute Gasteiger partial charge is 0.119 e. The lowest BCUT2D eigenvalue weighted by Gasteiger charge is -2.22. The van der Waals surface area contributed by atoms with E-state index in [1.165, 1.54) is 18.2 Å². The van der Waals surface area contributed by atoms with Crippen LogP contribution in [0.15, 0.2) is 24.1 Å². The minimum atomic E-state index is -0.796. The molecule has 56 valence electrons. The van der Waals surface area contributed by atoms with E-state index in [-0.39, 0.29) is 5.83 Å². The topological polar surface area (TPSA) is 20.2 Å². The summed E-state index contributed by atoms with van der Waals surface area (Å²) in [7, 11) is 0. The first kappa shape index (κ1) is 7.48. The Hall–Kier alpha value is -0.630. The highest BCUT2D eigenvalue weighted by molar-refractivity contribution is 5.22. The van der Waals surface area contributed by atoms with Crippen LogP contribution in [0.1, 0.15) is 19.8 Å². The zero-order valence-corrected chi connectivity index (χ0v) is 5.97. The Balaban J connectivity index is 2.67. The van der Waals surface area contributed by atoms with Crippen LogP contribution in [0.3, 0.4) is 0 Å². The van der Waals surface area contributed by atoms with Gasteiger partial charge in [-0.1, -0.05) is 6.92 Å². The molecule has 1 rings (SSSR count). The quantitative estimate of drug-likeness (QED) is 0.593. The molecule has 1 aliphatic rings. The van der Waals surface area contributed by atoms with E-state index in [9.17, 15) is 9.50 Å². The van der Waals surface area contributed by atoms with Gasteiger partial charge >= 0.3 is 0 Å². The lowest BCUT2D eigenvalue weighted by Crippen LogP contribution is -2.25. The lowest BCUT2D eigenvalue weighted by atomic mass is 9.92. The van der Waals surface area contributed by atoms with Crippen LogP contribution in [0.2, 0.25) is 0 Å². The predicted octanol–water partition coefficient (Wildman–Crippen LogP) is 1.94. The van der Waals surface area contributed by atoms with Crippen LogP contribution in [0.25, 0.3) is 0 Å². The fourth-order valence-corrected chi connectivity index (χ4v) is 0.907. The van der Waals surface area contributed by atoms with Crippen molar-refractivity contribution in [1.82, 2.24) is 0 Å². The lowest BCUT2D eigenvalue weighted by molar-refractivity contribution is 0.0877. The SMILES string of the molecule is CCC1(O)C=CC(F)=CC1. The average molecular weight is 142 g/mol. The second kappa shape index (κ2) is 2.54. The summed E-state index contributed by atoms with van der Waals surface area (Å²) in [6, 6.07) is 0. The molecular weight excluding hydrogens is 131 g/mol. The zero-order valence-electron chi connectivity index (χ0n) is 5.97. The summed E-state index contributed by atoms with van der Waals surface area (Å²) in [6.07, 6.45) is 5.26. The molecule has 0 aromatic carbocycles. The van der Waals surface area contributed by atoms with Gasteiger partial charge in [-0.05, 0) is 24.6 Å². The van der Waals surface area contributed by atoms with E-state index in [0.717, 1.165) is 0 Å². The summed E-state index contributed by atoms with van der Waals surface area (Å²) in [4.78, 5) is 0. The largest absolute Gasteiger partial charge is 0.385 e. The minimum Gasteiger partial charge on any atom is -0.385 e. The maximum absolute atomic E-state index is 12.3. The second-order valence-electron chi connectivity index (χ2n) is 2.58. The van der Waals surface area contributed by atoms with Gasteiger partial charge in [-0.15, -0.1) is 0 Å². The van der Waals surface area contributed by atoms with Gasteiger partial charge in [-0.25, -0.2) is 4.39 Å². The van der Waals surface area contributed by atoms with Crippen LogP contribution >= 0.6 is 0 Å². The highest BCUT2D eigenvalue weighted by Crippen LogP contribution is 2.23. The molecule has 0 saturated carbocycles. The van der Waals surface area contributed by atoms with Gasteiger partial charge in [0.15, 0.2) is 0 Å². The van der Waals surface area contributed by atoms with E-state index in [1.807, 2.05) is 6.92 Å². The van der Waals surface area contributed by atoms with E-state index in [4.69, 9.17) is 0 Å². The van der Waals surface area contributed by atoms with Crippen LogP contribution in [-0.4, -0.2) is 10.7 Å².